The van der Waals surface area contributed by atoms with Gasteiger partial charge in [0, 0.05) is 31.3 Å². The lowest BCUT2D eigenvalue weighted by molar-refractivity contribution is -0.136. The Kier molecular flexibility index (Phi) is 6.31. The Labute approximate surface area is 156 Å². The van der Waals surface area contributed by atoms with Crippen molar-refractivity contribution in [2.75, 3.05) is 25.4 Å². The third-order valence-electron chi connectivity index (χ3n) is 6.19. The number of likely N-dealkylation sites (tertiary alicyclic amines) is 1. The van der Waals surface area contributed by atoms with E-state index in [9.17, 15) is 9.59 Å². The van der Waals surface area contributed by atoms with Crippen LogP contribution < -0.4 is 10.6 Å². The van der Waals surface area contributed by atoms with E-state index in [2.05, 4.69) is 29.4 Å². The van der Waals surface area contributed by atoms with Crippen LogP contribution in [0.25, 0.3) is 0 Å². The molecule has 1 aliphatic carbocycles. The molecule has 6 heteroatoms. The number of hydrogen-bond acceptors (Lipinski definition) is 4. The van der Waals surface area contributed by atoms with Crippen LogP contribution in [-0.2, 0) is 9.59 Å². The van der Waals surface area contributed by atoms with Gasteiger partial charge in [0.1, 0.15) is 0 Å². The van der Waals surface area contributed by atoms with Crippen molar-refractivity contribution >= 4 is 23.6 Å². The zero-order valence-electron chi connectivity index (χ0n) is 15.7. The molecule has 0 radical (unpaired) electrons. The first-order chi connectivity index (χ1) is 12.0. The first-order valence-electron chi connectivity index (χ1n) is 10.0. The molecule has 3 rings (SSSR count). The van der Waals surface area contributed by atoms with Crippen molar-refractivity contribution in [2.24, 2.45) is 11.8 Å². The minimum Gasteiger partial charge on any atom is -0.354 e. The first-order valence-corrected chi connectivity index (χ1v) is 11.0. The molecule has 0 bridgehead atoms. The molecule has 2 amide bonds. The lowest BCUT2D eigenvalue weighted by atomic mass is 10.00. The summed E-state index contributed by atoms with van der Waals surface area (Å²) in [6, 6.07) is -0.0915. The highest BCUT2D eigenvalue weighted by molar-refractivity contribution is 8.01. The quantitative estimate of drug-likeness (QED) is 0.783. The highest BCUT2D eigenvalue weighted by Gasteiger charge is 2.45. The number of nitrogens with one attached hydrogen (secondary N) is 2. The van der Waals surface area contributed by atoms with Crippen LogP contribution in [0.15, 0.2) is 0 Å². The van der Waals surface area contributed by atoms with E-state index in [0.717, 1.165) is 57.5 Å². The molecule has 25 heavy (non-hydrogen) atoms. The summed E-state index contributed by atoms with van der Waals surface area (Å²) < 4.78 is 0. The Bertz CT molecular complexity index is 485. The number of amides is 2. The molecule has 2 N–H and O–H groups in total. The summed E-state index contributed by atoms with van der Waals surface area (Å²) in [5.74, 6) is 2.14. The number of rotatable bonds is 5. The average molecular weight is 368 g/mol. The van der Waals surface area contributed by atoms with Gasteiger partial charge < -0.3 is 10.2 Å². The third-order valence-corrected chi connectivity index (χ3v) is 7.77. The number of thioether (sulfide) groups is 1. The summed E-state index contributed by atoms with van der Waals surface area (Å²) in [5.41, 5.74) is 0. The van der Waals surface area contributed by atoms with Gasteiger partial charge >= 0.3 is 0 Å². The Balaban J connectivity index is 1.45. The van der Waals surface area contributed by atoms with Gasteiger partial charge in [0.05, 0.1) is 10.9 Å². The van der Waals surface area contributed by atoms with E-state index >= 15 is 0 Å². The highest BCUT2D eigenvalue weighted by Crippen LogP contribution is 2.40. The molecular weight excluding hydrogens is 334 g/mol. The number of carbonyl (C=O) groups excluding carboxylic acids is 2. The van der Waals surface area contributed by atoms with Crippen LogP contribution in [0, 0.1) is 11.8 Å². The molecule has 0 aromatic rings. The van der Waals surface area contributed by atoms with Crippen LogP contribution in [-0.4, -0.2) is 53.0 Å². The van der Waals surface area contributed by atoms with Crippen LogP contribution in [0.5, 0.6) is 0 Å². The molecule has 2 heterocycles. The Hall–Kier alpha value is -0.750. The summed E-state index contributed by atoms with van der Waals surface area (Å²) in [4.78, 5) is 27.0. The van der Waals surface area contributed by atoms with Crippen molar-refractivity contribution in [3.8, 4) is 0 Å². The SMILES string of the molecule is CCC(C)CNC(=O)C1CSC2(CCN(C(=O)C3CCCC3)CC2)N1. The van der Waals surface area contributed by atoms with Crippen molar-refractivity contribution < 1.29 is 9.59 Å². The molecule has 142 valence electrons. The lowest BCUT2D eigenvalue weighted by Gasteiger charge is -2.40. The molecule has 1 spiro atoms. The predicted molar refractivity (Wildman–Crippen MR) is 102 cm³/mol. The number of nitrogens with zero attached hydrogens (tertiary/aromatic N) is 1. The second kappa shape index (κ2) is 8.30. The molecule has 2 unspecified atom stereocenters. The van der Waals surface area contributed by atoms with Gasteiger partial charge in [-0.3, -0.25) is 14.9 Å². The zero-order valence-corrected chi connectivity index (χ0v) is 16.5. The van der Waals surface area contributed by atoms with E-state index in [1.165, 1.54) is 12.8 Å². The second-order valence-electron chi connectivity index (χ2n) is 8.07. The van der Waals surface area contributed by atoms with Gasteiger partial charge in [-0.15, -0.1) is 11.8 Å². The fraction of sp³-hybridized carbons (Fsp3) is 0.895. The van der Waals surface area contributed by atoms with E-state index < -0.39 is 0 Å². The molecule has 2 atom stereocenters. The zero-order chi connectivity index (χ0) is 17.9. The van der Waals surface area contributed by atoms with E-state index in [1.54, 1.807) is 0 Å². The highest BCUT2D eigenvalue weighted by atomic mass is 32.2. The normalized spacial score (nSPS) is 27.6. The Morgan fingerprint density at radius 3 is 2.60 bits per heavy atom. The monoisotopic (exact) mass is 367 g/mol. The van der Waals surface area contributed by atoms with Crippen molar-refractivity contribution in [1.82, 2.24) is 15.5 Å². The fourth-order valence-electron chi connectivity index (χ4n) is 4.14. The van der Waals surface area contributed by atoms with Gasteiger partial charge in [-0.2, -0.15) is 0 Å². The van der Waals surface area contributed by atoms with Crippen molar-refractivity contribution in [3.63, 3.8) is 0 Å². The standard InChI is InChI=1S/C19H33N3O2S/c1-3-14(2)12-20-17(23)16-13-25-19(21-16)8-10-22(11-9-19)18(24)15-6-4-5-7-15/h14-16,21H,3-13H2,1-2H3,(H,20,23). The molecule has 3 fully saturated rings. The van der Waals surface area contributed by atoms with E-state index in [1.807, 2.05) is 11.8 Å². The Morgan fingerprint density at radius 2 is 1.96 bits per heavy atom. The van der Waals surface area contributed by atoms with E-state index in [0.29, 0.717) is 11.8 Å². The topological polar surface area (TPSA) is 61.4 Å². The molecule has 0 aromatic heterocycles. The second-order valence-corrected chi connectivity index (χ2v) is 9.47. The van der Waals surface area contributed by atoms with Crippen LogP contribution in [0.3, 0.4) is 0 Å². The van der Waals surface area contributed by atoms with Gasteiger partial charge in [-0.05, 0) is 31.6 Å². The molecular formula is C19H33N3O2S. The maximum Gasteiger partial charge on any atom is 0.238 e. The fourth-order valence-corrected chi connectivity index (χ4v) is 5.55. The first kappa shape index (κ1) is 19.0. The van der Waals surface area contributed by atoms with Crippen LogP contribution in [0.2, 0.25) is 0 Å². The van der Waals surface area contributed by atoms with Crippen LogP contribution in [0.1, 0.15) is 58.8 Å². The van der Waals surface area contributed by atoms with Crippen molar-refractivity contribution in [3.05, 3.63) is 0 Å². The Morgan fingerprint density at radius 1 is 1.28 bits per heavy atom. The maximum absolute atomic E-state index is 12.6. The lowest BCUT2D eigenvalue weighted by Crippen LogP contribution is -2.55. The third kappa shape index (κ3) is 4.51. The minimum absolute atomic E-state index is 0.00909. The van der Waals surface area contributed by atoms with Gasteiger partial charge in [0.2, 0.25) is 11.8 Å². The summed E-state index contributed by atoms with van der Waals surface area (Å²) in [5, 5.41) is 6.67. The maximum atomic E-state index is 12.6. The summed E-state index contributed by atoms with van der Waals surface area (Å²) >= 11 is 1.88. The van der Waals surface area contributed by atoms with E-state index in [4.69, 9.17) is 0 Å². The smallest absolute Gasteiger partial charge is 0.238 e. The number of carbonyl (C=O) groups is 2. The molecule has 3 aliphatic rings. The largest absolute Gasteiger partial charge is 0.354 e. The molecule has 2 aliphatic heterocycles. The minimum atomic E-state index is -0.0915. The average Bonchev–Trinajstić information content (AvgIpc) is 3.30. The van der Waals surface area contributed by atoms with E-state index in [-0.39, 0.29) is 22.7 Å². The molecule has 1 saturated carbocycles. The number of hydrogen-bond donors (Lipinski definition) is 2. The van der Waals surface area contributed by atoms with Crippen LogP contribution in [0.4, 0.5) is 0 Å². The van der Waals surface area contributed by atoms with Crippen molar-refractivity contribution in [1.29, 1.82) is 0 Å². The van der Waals surface area contributed by atoms with Crippen LogP contribution >= 0.6 is 11.8 Å². The van der Waals surface area contributed by atoms with Gasteiger partial charge in [-0.1, -0.05) is 33.1 Å². The molecule has 2 saturated heterocycles. The predicted octanol–water partition coefficient (Wildman–Crippen LogP) is 2.36. The summed E-state index contributed by atoms with van der Waals surface area (Å²) in [6.45, 7) is 6.73. The molecule has 5 nitrogen and oxygen atoms in total. The summed E-state index contributed by atoms with van der Waals surface area (Å²) in [7, 11) is 0. The molecule has 0 aromatic carbocycles. The summed E-state index contributed by atoms with van der Waals surface area (Å²) in [6.07, 6.45) is 7.55. The van der Waals surface area contributed by atoms with Crippen molar-refractivity contribution in [2.45, 2.75) is 69.7 Å². The van der Waals surface area contributed by atoms with Gasteiger partial charge in [0.25, 0.3) is 0 Å². The number of piperidine rings is 1. The van der Waals surface area contributed by atoms with Gasteiger partial charge in [0.15, 0.2) is 0 Å². The van der Waals surface area contributed by atoms with Gasteiger partial charge in [-0.25, -0.2) is 0 Å².